The maximum absolute atomic E-state index is 13.0. The van der Waals surface area contributed by atoms with E-state index in [1.807, 2.05) is 13.8 Å². The van der Waals surface area contributed by atoms with Crippen LogP contribution in [0.3, 0.4) is 0 Å². The molecule has 0 aliphatic carbocycles. The van der Waals surface area contributed by atoms with Crippen molar-refractivity contribution in [3.05, 3.63) is 29.6 Å². The third-order valence-corrected chi connectivity index (χ3v) is 3.13. The number of carbonyl (C=O) groups is 1. The van der Waals surface area contributed by atoms with Gasteiger partial charge in [-0.2, -0.15) is 0 Å². The molecule has 18 heavy (non-hydrogen) atoms. The molecule has 98 valence electrons. The van der Waals surface area contributed by atoms with Gasteiger partial charge in [-0.1, -0.05) is 0 Å². The molecule has 1 aromatic rings. The number of anilines is 1. The minimum Gasteiger partial charge on any atom is -0.398 e. The van der Waals surface area contributed by atoms with Crippen molar-refractivity contribution < 1.29 is 13.9 Å². The molecule has 4 nitrogen and oxygen atoms in total. The summed E-state index contributed by atoms with van der Waals surface area (Å²) in [4.78, 5) is 14.1. The Morgan fingerprint density at radius 2 is 2.22 bits per heavy atom. The van der Waals surface area contributed by atoms with Gasteiger partial charge in [-0.15, -0.1) is 0 Å². The first-order valence-electron chi connectivity index (χ1n) is 5.86. The number of hydrogen-bond donors (Lipinski definition) is 1. The minimum atomic E-state index is -0.440. The highest BCUT2D eigenvalue weighted by Crippen LogP contribution is 2.24. The Morgan fingerprint density at radius 3 is 2.83 bits per heavy atom. The summed E-state index contributed by atoms with van der Waals surface area (Å²) in [5, 5.41) is 0. The Balaban J connectivity index is 2.30. The third-order valence-electron chi connectivity index (χ3n) is 3.13. The second kappa shape index (κ2) is 4.57. The zero-order valence-corrected chi connectivity index (χ0v) is 10.6. The van der Waals surface area contributed by atoms with E-state index in [1.165, 1.54) is 18.2 Å². The molecule has 1 aromatic carbocycles. The van der Waals surface area contributed by atoms with E-state index < -0.39 is 5.82 Å². The number of nitrogens with zero attached hydrogens (tertiary/aromatic N) is 1. The number of halogens is 1. The lowest BCUT2D eigenvalue weighted by molar-refractivity contribution is -0.0370. The van der Waals surface area contributed by atoms with Crippen molar-refractivity contribution in [2.45, 2.75) is 19.4 Å². The Morgan fingerprint density at radius 1 is 1.50 bits per heavy atom. The number of nitrogen functional groups attached to an aromatic ring is 1. The summed E-state index contributed by atoms with van der Waals surface area (Å²) in [7, 11) is 0. The summed E-state index contributed by atoms with van der Waals surface area (Å²) in [6, 6.07) is 3.84. The van der Waals surface area contributed by atoms with Crippen LogP contribution in [0.2, 0.25) is 0 Å². The highest BCUT2D eigenvalue weighted by molar-refractivity contribution is 5.99. The molecule has 0 radical (unpaired) electrons. The van der Waals surface area contributed by atoms with E-state index in [-0.39, 0.29) is 17.1 Å². The van der Waals surface area contributed by atoms with Crippen LogP contribution in [0.5, 0.6) is 0 Å². The zero-order chi connectivity index (χ0) is 13.3. The fraction of sp³-hybridized carbons (Fsp3) is 0.462. The van der Waals surface area contributed by atoms with Crippen LogP contribution in [0.4, 0.5) is 10.1 Å². The predicted molar refractivity (Wildman–Crippen MR) is 66.7 cm³/mol. The van der Waals surface area contributed by atoms with E-state index in [2.05, 4.69) is 0 Å². The van der Waals surface area contributed by atoms with Crippen LogP contribution in [0.15, 0.2) is 18.2 Å². The van der Waals surface area contributed by atoms with E-state index in [9.17, 15) is 9.18 Å². The van der Waals surface area contributed by atoms with E-state index in [0.29, 0.717) is 25.3 Å². The molecule has 0 spiro atoms. The molecule has 1 aliphatic heterocycles. The maximum Gasteiger partial charge on any atom is 0.256 e. The van der Waals surface area contributed by atoms with Gasteiger partial charge in [0.15, 0.2) is 0 Å². The minimum absolute atomic E-state index is 0.169. The lowest BCUT2D eigenvalue weighted by Gasteiger charge is -2.42. The third kappa shape index (κ3) is 2.31. The van der Waals surface area contributed by atoms with Crippen molar-refractivity contribution in [2.75, 3.05) is 25.5 Å². The lowest BCUT2D eigenvalue weighted by atomic mass is 10.0. The largest absolute Gasteiger partial charge is 0.398 e. The molecule has 0 atom stereocenters. The van der Waals surface area contributed by atoms with Crippen LogP contribution in [0, 0.1) is 5.82 Å². The fourth-order valence-electron chi connectivity index (χ4n) is 2.11. The Labute approximate surface area is 106 Å². The Bertz CT molecular complexity index is 474. The van der Waals surface area contributed by atoms with Crippen LogP contribution >= 0.6 is 0 Å². The summed E-state index contributed by atoms with van der Waals surface area (Å²) in [5.41, 5.74) is 5.83. The molecule has 1 fully saturated rings. The normalized spacial score (nSPS) is 18.7. The number of amides is 1. The molecule has 0 aromatic heterocycles. The molecule has 1 heterocycles. The average molecular weight is 252 g/mol. The van der Waals surface area contributed by atoms with Crippen LogP contribution in [-0.4, -0.2) is 36.1 Å². The average Bonchev–Trinajstić information content (AvgIpc) is 2.27. The number of nitrogens with two attached hydrogens (primary N) is 1. The van der Waals surface area contributed by atoms with Gasteiger partial charge in [-0.25, -0.2) is 4.39 Å². The van der Waals surface area contributed by atoms with E-state index in [0.717, 1.165) is 0 Å². The quantitative estimate of drug-likeness (QED) is 0.773. The first-order valence-corrected chi connectivity index (χ1v) is 5.86. The smallest absolute Gasteiger partial charge is 0.256 e. The van der Waals surface area contributed by atoms with Gasteiger partial charge in [0.05, 0.1) is 24.3 Å². The predicted octanol–water partition coefficient (Wildman–Crippen LogP) is 1.66. The SMILES string of the molecule is CC1(C)COCCN1C(=O)c1ccc(F)cc1N. The number of rotatable bonds is 1. The van der Waals surface area contributed by atoms with Gasteiger partial charge in [0, 0.05) is 12.2 Å². The van der Waals surface area contributed by atoms with Gasteiger partial charge < -0.3 is 15.4 Å². The molecular weight excluding hydrogens is 235 g/mol. The van der Waals surface area contributed by atoms with Crippen molar-refractivity contribution in [1.82, 2.24) is 4.90 Å². The van der Waals surface area contributed by atoms with Crippen molar-refractivity contribution in [3.63, 3.8) is 0 Å². The van der Waals surface area contributed by atoms with Crippen LogP contribution in [-0.2, 0) is 4.74 Å². The van der Waals surface area contributed by atoms with Gasteiger partial charge in [0.1, 0.15) is 5.82 Å². The molecule has 2 N–H and O–H groups in total. The molecule has 0 bridgehead atoms. The van der Waals surface area contributed by atoms with Gasteiger partial charge >= 0.3 is 0 Å². The molecule has 1 amide bonds. The van der Waals surface area contributed by atoms with Crippen molar-refractivity contribution >= 4 is 11.6 Å². The molecule has 1 saturated heterocycles. The highest BCUT2D eigenvalue weighted by atomic mass is 19.1. The molecule has 1 aliphatic rings. The number of morpholine rings is 1. The zero-order valence-electron chi connectivity index (χ0n) is 10.6. The van der Waals surface area contributed by atoms with Gasteiger partial charge in [-0.05, 0) is 32.0 Å². The van der Waals surface area contributed by atoms with E-state index in [1.54, 1.807) is 4.90 Å². The van der Waals surface area contributed by atoms with Crippen molar-refractivity contribution in [3.8, 4) is 0 Å². The van der Waals surface area contributed by atoms with Crippen molar-refractivity contribution in [2.24, 2.45) is 0 Å². The van der Waals surface area contributed by atoms with Crippen LogP contribution in [0.25, 0.3) is 0 Å². The molecule has 0 saturated carbocycles. The van der Waals surface area contributed by atoms with E-state index >= 15 is 0 Å². The number of ether oxygens (including phenoxy) is 1. The second-order valence-electron chi connectivity index (χ2n) is 5.05. The topological polar surface area (TPSA) is 55.6 Å². The Kier molecular flexibility index (Phi) is 3.26. The summed E-state index contributed by atoms with van der Waals surface area (Å²) < 4.78 is 18.3. The van der Waals surface area contributed by atoms with Crippen LogP contribution < -0.4 is 5.73 Å². The summed E-state index contributed by atoms with van der Waals surface area (Å²) in [6.45, 7) is 5.38. The highest BCUT2D eigenvalue weighted by Gasteiger charge is 2.35. The lowest BCUT2D eigenvalue weighted by Crippen LogP contribution is -2.55. The Hall–Kier alpha value is -1.62. The number of benzene rings is 1. The van der Waals surface area contributed by atoms with Crippen molar-refractivity contribution in [1.29, 1.82) is 0 Å². The van der Waals surface area contributed by atoms with Gasteiger partial charge in [0.2, 0.25) is 0 Å². The number of carbonyl (C=O) groups excluding carboxylic acids is 1. The standard InChI is InChI=1S/C13H17FN2O2/c1-13(2)8-18-6-5-16(13)12(17)10-4-3-9(14)7-11(10)15/h3-4,7H,5-6,8,15H2,1-2H3. The van der Waals surface area contributed by atoms with E-state index in [4.69, 9.17) is 10.5 Å². The van der Waals surface area contributed by atoms with Crippen LogP contribution in [0.1, 0.15) is 24.2 Å². The molecule has 0 unspecified atom stereocenters. The molecular formula is C13H17FN2O2. The second-order valence-corrected chi connectivity index (χ2v) is 5.05. The fourth-order valence-corrected chi connectivity index (χ4v) is 2.11. The summed E-state index contributed by atoms with van der Waals surface area (Å²) >= 11 is 0. The number of hydrogen-bond acceptors (Lipinski definition) is 3. The first kappa shape index (κ1) is 12.8. The van der Waals surface area contributed by atoms with Gasteiger partial charge in [0.25, 0.3) is 5.91 Å². The first-order chi connectivity index (χ1) is 8.42. The molecule has 2 rings (SSSR count). The van der Waals surface area contributed by atoms with Gasteiger partial charge in [-0.3, -0.25) is 4.79 Å². The molecule has 5 heteroatoms. The summed E-state index contributed by atoms with van der Waals surface area (Å²) in [6.07, 6.45) is 0. The summed E-state index contributed by atoms with van der Waals surface area (Å²) in [5.74, 6) is -0.619. The monoisotopic (exact) mass is 252 g/mol. The maximum atomic E-state index is 13.0.